The third kappa shape index (κ3) is 5.44. The molecule has 0 saturated heterocycles. The second-order valence-electron chi connectivity index (χ2n) is 8.71. The molecule has 8 nitrogen and oxygen atoms in total. The van der Waals surface area contributed by atoms with Crippen LogP contribution in [0.2, 0.25) is 0 Å². The van der Waals surface area contributed by atoms with Crippen LogP contribution in [0.4, 0.5) is 5.82 Å². The first-order valence-corrected chi connectivity index (χ1v) is 10.3. The largest absolute Gasteiger partial charge is 0.491 e. The zero-order valence-electron chi connectivity index (χ0n) is 18.4. The molecule has 0 unspecified atom stereocenters. The predicted molar refractivity (Wildman–Crippen MR) is 116 cm³/mol. The van der Waals surface area contributed by atoms with Gasteiger partial charge in [-0.3, -0.25) is 4.79 Å². The molecule has 0 spiro atoms. The van der Waals surface area contributed by atoms with Crippen molar-refractivity contribution in [3.05, 3.63) is 29.1 Å². The van der Waals surface area contributed by atoms with Crippen LogP contribution in [-0.2, 0) is 17.6 Å². The highest BCUT2D eigenvalue weighted by molar-refractivity contribution is 5.82. The third-order valence-electron chi connectivity index (χ3n) is 4.68. The molecule has 0 aromatic carbocycles. The minimum Gasteiger partial charge on any atom is -0.491 e. The van der Waals surface area contributed by atoms with Gasteiger partial charge >= 0.3 is 0 Å². The zero-order chi connectivity index (χ0) is 21.9. The van der Waals surface area contributed by atoms with Gasteiger partial charge < -0.3 is 20.1 Å². The van der Waals surface area contributed by atoms with Gasteiger partial charge in [-0.25, -0.2) is 15.0 Å². The number of carbonyl (C=O) groups excluding carboxylic acids is 1. The average molecular weight is 414 g/mol. The van der Waals surface area contributed by atoms with Gasteiger partial charge in [-0.1, -0.05) is 0 Å². The van der Waals surface area contributed by atoms with E-state index in [9.17, 15) is 4.79 Å². The first-order chi connectivity index (χ1) is 14.2. The molecule has 0 aliphatic heterocycles. The molecule has 3 rings (SSSR count). The Kier molecular flexibility index (Phi) is 6.55. The van der Waals surface area contributed by atoms with Crippen LogP contribution in [0.5, 0.6) is 5.75 Å². The summed E-state index contributed by atoms with van der Waals surface area (Å²) in [4.78, 5) is 28.5. The lowest BCUT2D eigenvalue weighted by Gasteiger charge is -2.25. The van der Waals surface area contributed by atoms with Crippen molar-refractivity contribution >= 4 is 11.7 Å². The third-order valence-corrected chi connectivity index (χ3v) is 4.68. The summed E-state index contributed by atoms with van der Waals surface area (Å²) in [6, 6.07) is 3.60. The minimum atomic E-state index is -0.285. The van der Waals surface area contributed by atoms with Crippen molar-refractivity contribution in [2.45, 2.75) is 52.5 Å². The summed E-state index contributed by atoms with van der Waals surface area (Å²) >= 11 is 0. The normalized spacial score (nSPS) is 13.1. The maximum absolute atomic E-state index is 12.4. The summed E-state index contributed by atoms with van der Waals surface area (Å²) in [7, 11) is 1.88. The van der Waals surface area contributed by atoms with Crippen LogP contribution >= 0.6 is 0 Å². The number of aromatic nitrogens is 3. The fourth-order valence-electron chi connectivity index (χ4n) is 3.59. The molecule has 0 fully saturated rings. The Morgan fingerprint density at radius 2 is 2.00 bits per heavy atom. The molecule has 2 N–H and O–H groups in total. The van der Waals surface area contributed by atoms with Gasteiger partial charge in [0.05, 0.1) is 13.2 Å². The van der Waals surface area contributed by atoms with Gasteiger partial charge in [0, 0.05) is 41.7 Å². The minimum absolute atomic E-state index is 0.0507. The van der Waals surface area contributed by atoms with E-state index < -0.39 is 0 Å². The number of pyridine rings is 1. The van der Waals surface area contributed by atoms with Gasteiger partial charge in [-0.05, 0) is 47.0 Å². The molecular formula is C22H31N5O3. The number of rotatable bonds is 7. The van der Waals surface area contributed by atoms with E-state index in [-0.39, 0.29) is 31.2 Å². The summed E-state index contributed by atoms with van der Waals surface area (Å²) in [5.74, 6) is 1.87. The van der Waals surface area contributed by atoms with E-state index in [0.717, 1.165) is 42.0 Å². The molecule has 162 valence electrons. The number of anilines is 1. The van der Waals surface area contributed by atoms with Crippen molar-refractivity contribution in [1.29, 1.82) is 0 Å². The van der Waals surface area contributed by atoms with E-state index in [2.05, 4.69) is 10.3 Å². The van der Waals surface area contributed by atoms with Crippen molar-refractivity contribution < 1.29 is 14.6 Å². The summed E-state index contributed by atoms with van der Waals surface area (Å²) in [5.41, 5.74) is 3.23. The van der Waals surface area contributed by atoms with Crippen LogP contribution in [0, 0.1) is 6.92 Å². The summed E-state index contributed by atoms with van der Waals surface area (Å²) in [6.45, 7) is 8.14. The molecule has 0 bridgehead atoms. The Labute approximate surface area is 177 Å². The summed E-state index contributed by atoms with van der Waals surface area (Å²) in [5, 5.41) is 12.0. The first kappa shape index (κ1) is 22.0. The van der Waals surface area contributed by atoms with E-state index in [1.54, 1.807) is 6.07 Å². The lowest BCUT2D eigenvalue weighted by molar-refractivity contribution is -0.121. The Morgan fingerprint density at radius 3 is 2.70 bits per heavy atom. The molecule has 0 atom stereocenters. The van der Waals surface area contributed by atoms with Crippen molar-refractivity contribution in [2.24, 2.45) is 0 Å². The summed E-state index contributed by atoms with van der Waals surface area (Å²) in [6.07, 6.45) is 2.82. The van der Waals surface area contributed by atoms with Crippen LogP contribution in [0.3, 0.4) is 0 Å². The SMILES string of the molecule is Cc1cc(OCCO)cc(-c2nc3c(c(N(C)CC(=O)NC(C)(C)C)n2)CCC3)n1. The molecule has 0 radical (unpaired) electrons. The monoisotopic (exact) mass is 413 g/mol. The van der Waals surface area contributed by atoms with Crippen molar-refractivity contribution in [2.75, 3.05) is 31.7 Å². The number of aryl methyl sites for hydroxylation is 2. The molecule has 30 heavy (non-hydrogen) atoms. The van der Waals surface area contributed by atoms with Crippen molar-refractivity contribution in [3.8, 4) is 17.3 Å². The van der Waals surface area contributed by atoms with E-state index in [1.165, 1.54) is 0 Å². The number of hydrogen-bond acceptors (Lipinski definition) is 7. The van der Waals surface area contributed by atoms with E-state index >= 15 is 0 Å². The van der Waals surface area contributed by atoms with Gasteiger partial charge in [0.15, 0.2) is 5.82 Å². The number of carbonyl (C=O) groups is 1. The Hall–Kier alpha value is -2.74. The fourth-order valence-corrected chi connectivity index (χ4v) is 3.59. The second-order valence-corrected chi connectivity index (χ2v) is 8.71. The van der Waals surface area contributed by atoms with E-state index in [4.69, 9.17) is 19.8 Å². The highest BCUT2D eigenvalue weighted by atomic mass is 16.5. The van der Waals surface area contributed by atoms with Gasteiger partial charge in [0.2, 0.25) is 5.91 Å². The van der Waals surface area contributed by atoms with Crippen LogP contribution < -0.4 is 15.0 Å². The Bertz CT molecular complexity index is 924. The molecule has 2 aromatic heterocycles. The number of amides is 1. The molecule has 1 aliphatic carbocycles. The van der Waals surface area contributed by atoms with E-state index in [0.29, 0.717) is 17.3 Å². The number of aliphatic hydroxyl groups excluding tert-OH is 1. The van der Waals surface area contributed by atoms with Crippen LogP contribution in [-0.4, -0.2) is 58.3 Å². The van der Waals surface area contributed by atoms with Crippen molar-refractivity contribution in [3.63, 3.8) is 0 Å². The first-order valence-electron chi connectivity index (χ1n) is 10.3. The standard InChI is InChI=1S/C22H31N5O3/c1-14-11-15(30-10-9-28)12-18(23-14)20-24-17-8-6-7-16(17)21(25-20)27(5)13-19(29)26-22(2,3)4/h11-12,28H,6-10,13H2,1-5H3,(H,26,29). The molecule has 2 heterocycles. The average Bonchev–Trinajstić information content (AvgIpc) is 3.12. The molecule has 1 aliphatic rings. The maximum atomic E-state index is 12.4. The smallest absolute Gasteiger partial charge is 0.239 e. The van der Waals surface area contributed by atoms with E-state index in [1.807, 2.05) is 45.7 Å². The topological polar surface area (TPSA) is 100 Å². The van der Waals surface area contributed by atoms with Gasteiger partial charge in [0.1, 0.15) is 23.9 Å². The highest BCUT2D eigenvalue weighted by Crippen LogP contribution is 2.31. The molecule has 0 saturated carbocycles. The molecule has 8 heteroatoms. The number of fused-ring (bicyclic) bond motifs is 1. The molecule has 2 aromatic rings. The number of nitrogens with zero attached hydrogens (tertiary/aromatic N) is 4. The van der Waals surface area contributed by atoms with Crippen LogP contribution in [0.1, 0.15) is 44.1 Å². The van der Waals surface area contributed by atoms with Crippen LogP contribution in [0.25, 0.3) is 11.5 Å². The lowest BCUT2D eigenvalue weighted by Crippen LogP contribution is -2.45. The predicted octanol–water partition coefficient (Wildman–Crippen LogP) is 2.06. The van der Waals surface area contributed by atoms with Crippen LogP contribution in [0.15, 0.2) is 12.1 Å². The fraction of sp³-hybridized carbons (Fsp3) is 0.545. The molecule has 1 amide bonds. The Morgan fingerprint density at radius 1 is 1.23 bits per heavy atom. The molecular weight excluding hydrogens is 382 g/mol. The number of nitrogens with one attached hydrogen (secondary N) is 1. The Balaban J connectivity index is 1.93. The van der Waals surface area contributed by atoms with Gasteiger partial charge in [0.25, 0.3) is 0 Å². The van der Waals surface area contributed by atoms with Gasteiger partial charge in [-0.15, -0.1) is 0 Å². The van der Waals surface area contributed by atoms with Crippen molar-refractivity contribution in [1.82, 2.24) is 20.3 Å². The second kappa shape index (κ2) is 8.95. The number of ether oxygens (including phenoxy) is 1. The zero-order valence-corrected chi connectivity index (χ0v) is 18.4. The number of likely N-dealkylation sites (N-methyl/N-ethyl adjacent to an activating group) is 1. The number of hydrogen-bond donors (Lipinski definition) is 2. The highest BCUT2D eigenvalue weighted by Gasteiger charge is 2.24. The maximum Gasteiger partial charge on any atom is 0.239 e. The number of aliphatic hydroxyl groups is 1. The quantitative estimate of drug-likeness (QED) is 0.716. The lowest BCUT2D eigenvalue weighted by atomic mass is 10.1. The summed E-state index contributed by atoms with van der Waals surface area (Å²) < 4.78 is 5.56. The van der Waals surface area contributed by atoms with Gasteiger partial charge in [-0.2, -0.15) is 0 Å².